The van der Waals surface area contributed by atoms with Gasteiger partial charge < -0.3 is 15.7 Å². The molecule has 1 aromatic rings. The van der Waals surface area contributed by atoms with Crippen molar-refractivity contribution in [2.45, 2.75) is 19.4 Å². The molecule has 1 saturated heterocycles. The Kier molecular flexibility index (Phi) is 3.33. The van der Waals surface area contributed by atoms with Gasteiger partial charge in [0.1, 0.15) is 0 Å². The van der Waals surface area contributed by atoms with E-state index in [1.165, 1.54) is 0 Å². The smallest absolute Gasteiger partial charge is 0.222 e. The highest BCUT2D eigenvalue weighted by atomic mass is 16.3. The molecule has 0 saturated carbocycles. The van der Waals surface area contributed by atoms with Crippen LogP contribution >= 0.6 is 0 Å². The van der Waals surface area contributed by atoms with E-state index < -0.39 is 6.10 Å². The molecule has 1 aliphatic heterocycles. The Morgan fingerprint density at radius 1 is 1.53 bits per heavy atom. The number of nitrogens with two attached hydrogens (primary N) is 1. The molecular formula is C13H18N2O2. The van der Waals surface area contributed by atoms with Crippen LogP contribution in [-0.2, 0) is 4.79 Å². The fraction of sp³-hybridized carbons (Fsp3) is 0.462. The molecule has 2 unspecified atom stereocenters. The first-order chi connectivity index (χ1) is 8.09. The number of hydrogen-bond acceptors (Lipinski definition) is 3. The van der Waals surface area contributed by atoms with E-state index in [2.05, 4.69) is 4.90 Å². The van der Waals surface area contributed by atoms with Crippen LogP contribution in [0.2, 0.25) is 0 Å². The SMILES string of the molecule is CC(O)c1ccccc1N1CCC(C(N)=O)C1. The van der Waals surface area contributed by atoms with Crippen molar-refractivity contribution < 1.29 is 9.90 Å². The van der Waals surface area contributed by atoms with Gasteiger partial charge in [-0.05, 0) is 19.4 Å². The van der Waals surface area contributed by atoms with Gasteiger partial charge in [-0.3, -0.25) is 4.79 Å². The van der Waals surface area contributed by atoms with E-state index >= 15 is 0 Å². The zero-order valence-corrected chi connectivity index (χ0v) is 9.97. The highest BCUT2D eigenvalue weighted by Gasteiger charge is 2.28. The average Bonchev–Trinajstić information content (AvgIpc) is 2.78. The number of hydrogen-bond donors (Lipinski definition) is 2. The predicted molar refractivity (Wildman–Crippen MR) is 66.6 cm³/mol. The van der Waals surface area contributed by atoms with E-state index in [9.17, 15) is 9.90 Å². The minimum atomic E-state index is -0.501. The number of aliphatic hydroxyl groups excluding tert-OH is 1. The van der Waals surface area contributed by atoms with E-state index in [0.717, 1.165) is 24.2 Å². The van der Waals surface area contributed by atoms with Crippen LogP contribution in [0.4, 0.5) is 5.69 Å². The molecule has 0 aromatic heterocycles. The molecule has 17 heavy (non-hydrogen) atoms. The highest BCUT2D eigenvalue weighted by molar-refractivity contribution is 5.78. The third-order valence-corrected chi connectivity index (χ3v) is 3.32. The summed E-state index contributed by atoms with van der Waals surface area (Å²) in [5.41, 5.74) is 7.23. The molecule has 2 atom stereocenters. The molecule has 3 N–H and O–H groups in total. The molecular weight excluding hydrogens is 216 g/mol. The molecule has 1 fully saturated rings. The molecule has 0 bridgehead atoms. The number of carbonyl (C=O) groups excluding carboxylic acids is 1. The summed E-state index contributed by atoms with van der Waals surface area (Å²) >= 11 is 0. The van der Waals surface area contributed by atoms with Crippen molar-refractivity contribution in [1.82, 2.24) is 0 Å². The number of rotatable bonds is 3. The van der Waals surface area contributed by atoms with Crippen LogP contribution in [0.5, 0.6) is 0 Å². The van der Waals surface area contributed by atoms with Gasteiger partial charge in [-0.25, -0.2) is 0 Å². The van der Waals surface area contributed by atoms with Gasteiger partial charge in [0.2, 0.25) is 5.91 Å². The highest BCUT2D eigenvalue weighted by Crippen LogP contribution is 2.30. The summed E-state index contributed by atoms with van der Waals surface area (Å²) in [5.74, 6) is -0.306. The summed E-state index contributed by atoms with van der Waals surface area (Å²) in [4.78, 5) is 13.3. The molecule has 2 rings (SSSR count). The summed E-state index contributed by atoms with van der Waals surface area (Å²) in [6, 6.07) is 7.75. The Morgan fingerprint density at radius 2 is 2.24 bits per heavy atom. The first-order valence-corrected chi connectivity index (χ1v) is 5.91. The van der Waals surface area contributed by atoms with Gasteiger partial charge in [0.15, 0.2) is 0 Å². The second-order valence-electron chi connectivity index (χ2n) is 4.57. The van der Waals surface area contributed by atoms with Gasteiger partial charge in [0, 0.05) is 24.3 Å². The largest absolute Gasteiger partial charge is 0.389 e. The first kappa shape index (κ1) is 11.9. The standard InChI is InChI=1S/C13H18N2O2/c1-9(16)11-4-2-3-5-12(11)15-7-6-10(8-15)13(14)17/h2-5,9-10,16H,6-8H2,1H3,(H2,14,17). The van der Waals surface area contributed by atoms with Gasteiger partial charge in [-0.2, -0.15) is 0 Å². The average molecular weight is 234 g/mol. The Labute approximate surface area is 101 Å². The maximum Gasteiger partial charge on any atom is 0.222 e. The van der Waals surface area contributed by atoms with Crippen molar-refractivity contribution in [2.24, 2.45) is 11.7 Å². The first-order valence-electron chi connectivity index (χ1n) is 5.91. The van der Waals surface area contributed by atoms with Crippen LogP contribution in [0.25, 0.3) is 0 Å². The van der Waals surface area contributed by atoms with E-state index in [4.69, 9.17) is 5.73 Å². The van der Waals surface area contributed by atoms with Gasteiger partial charge in [0.25, 0.3) is 0 Å². The van der Waals surface area contributed by atoms with Crippen molar-refractivity contribution in [3.8, 4) is 0 Å². The van der Waals surface area contributed by atoms with E-state index in [1.54, 1.807) is 6.92 Å². The third kappa shape index (κ3) is 2.42. The summed E-state index contributed by atoms with van der Waals surface area (Å²) in [6.07, 6.45) is 0.294. The number of para-hydroxylation sites is 1. The third-order valence-electron chi connectivity index (χ3n) is 3.32. The number of nitrogens with zero attached hydrogens (tertiary/aromatic N) is 1. The van der Waals surface area contributed by atoms with E-state index in [1.807, 2.05) is 24.3 Å². The molecule has 1 amide bonds. The second-order valence-corrected chi connectivity index (χ2v) is 4.57. The van der Waals surface area contributed by atoms with Crippen LogP contribution in [0, 0.1) is 5.92 Å². The lowest BCUT2D eigenvalue weighted by atomic mass is 10.1. The molecule has 1 aliphatic rings. The fourth-order valence-electron chi connectivity index (χ4n) is 2.34. The number of anilines is 1. The Hall–Kier alpha value is -1.55. The molecule has 1 heterocycles. The monoisotopic (exact) mass is 234 g/mol. The number of benzene rings is 1. The molecule has 0 radical (unpaired) electrons. The minimum absolute atomic E-state index is 0.0722. The maximum atomic E-state index is 11.1. The van der Waals surface area contributed by atoms with Crippen LogP contribution in [0.1, 0.15) is 25.0 Å². The van der Waals surface area contributed by atoms with Crippen molar-refractivity contribution in [2.75, 3.05) is 18.0 Å². The minimum Gasteiger partial charge on any atom is -0.389 e. The summed E-state index contributed by atoms with van der Waals surface area (Å²) in [7, 11) is 0. The lowest BCUT2D eigenvalue weighted by Crippen LogP contribution is -2.27. The summed E-state index contributed by atoms with van der Waals surface area (Å²) < 4.78 is 0. The molecule has 4 nitrogen and oxygen atoms in total. The zero-order valence-electron chi connectivity index (χ0n) is 9.97. The van der Waals surface area contributed by atoms with Crippen molar-refractivity contribution >= 4 is 11.6 Å². The number of amides is 1. The van der Waals surface area contributed by atoms with Crippen molar-refractivity contribution in [3.63, 3.8) is 0 Å². The van der Waals surface area contributed by atoms with Gasteiger partial charge in [-0.15, -0.1) is 0 Å². The number of primary amides is 1. The Bertz CT molecular complexity index is 418. The Morgan fingerprint density at radius 3 is 2.82 bits per heavy atom. The Balaban J connectivity index is 2.21. The van der Waals surface area contributed by atoms with E-state index in [0.29, 0.717) is 6.54 Å². The topological polar surface area (TPSA) is 66.6 Å². The summed E-state index contributed by atoms with van der Waals surface area (Å²) in [6.45, 7) is 3.22. The van der Waals surface area contributed by atoms with Crippen LogP contribution in [0.3, 0.4) is 0 Å². The van der Waals surface area contributed by atoms with Gasteiger partial charge >= 0.3 is 0 Å². The molecule has 0 aliphatic carbocycles. The molecule has 92 valence electrons. The maximum absolute atomic E-state index is 11.1. The normalized spacial score (nSPS) is 21.5. The number of aliphatic hydroxyl groups is 1. The lowest BCUT2D eigenvalue weighted by Gasteiger charge is -2.22. The van der Waals surface area contributed by atoms with Gasteiger partial charge in [0.05, 0.1) is 12.0 Å². The predicted octanol–water partition coefficient (Wildman–Crippen LogP) is 1.05. The van der Waals surface area contributed by atoms with Crippen molar-refractivity contribution in [1.29, 1.82) is 0 Å². The van der Waals surface area contributed by atoms with Crippen molar-refractivity contribution in [3.05, 3.63) is 29.8 Å². The summed E-state index contributed by atoms with van der Waals surface area (Å²) in [5, 5.41) is 9.72. The van der Waals surface area contributed by atoms with Crippen LogP contribution < -0.4 is 10.6 Å². The number of carbonyl (C=O) groups is 1. The van der Waals surface area contributed by atoms with Crippen LogP contribution in [0.15, 0.2) is 24.3 Å². The lowest BCUT2D eigenvalue weighted by molar-refractivity contribution is -0.121. The molecule has 1 aromatic carbocycles. The van der Waals surface area contributed by atoms with Crippen LogP contribution in [-0.4, -0.2) is 24.1 Å². The quantitative estimate of drug-likeness (QED) is 0.821. The fourth-order valence-corrected chi connectivity index (χ4v) is 2.34. The molecule has 0 spiro atoms. The van der Waals surface area contributed by atoms with E-state index in [-0.39, 0.29) is 11.8 Å². The molecule has 4 heteroatoms. The second kappa shape index (κ2) is 4.75. The zero-order chi connectivity index (χ0) is 12.4. The van der Waals surface area contributed by atoms with Gasteiger partial charge in [-0.1, -0.05) is 18.2 Å².